The summed E-state index contributed by atoms with van der Waals surface area (Å²) in [5.74, 6) is 0.492. The van der Waals surface area contributed by atoms with E-state index in [2.05, 4.69) is 64.5 Å². The number of benzene rings is 1. The average molecular weight is 504 g/mol. The molecule has 37 heavy (non-hydrogen) atoms. The maximum absolute atomic E-state index is 13.7. The van der Waals surface area contributed by atoms with Gasteiger partial charge in [0.1, 0.15) is 6.54 Å². The summed E-state index contributed by atoms with van der Waals surface area (Å²) in [6.07, 6.45) is 11.1. The van der Waals surface area contributed by atoms with Crippen LogP contribution in [0.1, 0.15) is 61.6 Å². The number of aromatic nitrogens is 1. The molecule has 1 saturated heterocycles. The van der Waals surface area contributed by atoms with Crippen molar-refractivity contribution >= 4 is 11.9 Å². The first-order valence-corrected chi connectivity index (χ1v) is 13.8. The lowest BCUT2D eigenvalue weighted by molar-refractivity contribution is -0.121. The van der Waals surface area contributed by atoms with E-state index in [-0.39, 0.29) is 29.6 Å². The monoisotopic (exact) mass is 503 g/mol. The summed E-state index contributed by atoms with van der Waals surface area (Å²) in [6.45, 7) is 4.02. The Bertz CT molecular complexity index is 1110. The number of carbonyl (C=O) groups is 2. The number of rotatable bonds is 8. The van der Waals surface area contributed by atoms with E-state index in [1.54, 1.807) is 17.3 Å². The van der Waals surface area contributed by atoms with Gasteiger partial charge in [0.05, 0.1) is 5.54 Å². The number of hydrogen-bond acceptors (Lipinski definition) is 4. The third-order valence-corrected chi connectivity index (χ3v) is 9.35. The highest BCUT2D eigenvalue weighted by molar-refractivity contribution is 5.86. The molecule has 7 nitrogen and oxygen atoms in total. The molecule has 3 aliphatic rings. The Morgan fingerprint density at radius 1 is 1.11 bits per heavy atom. The van der Waals surface area contributed by atoms with Crippen molar-refractivity contribution in [2.24, 2.45) is 5.92 Å². The zero-order valence-electron chi connectivity index (χ0n) is 22.6. The van der Waals surface area contributed by atoms with E-state index in [9.17, 15) is 9.59 Å². The first-order valence-electron chi connectivity index (χ1n) is 13.8. The van der Waals surface area contributed by atoms with Crippen molar-refractivity contribution < 1.29 is 9.59 Å². The summed E-state index contributed by atoms with van der Waals surface area (Å²) in [4.78, 5) is 37.1. The lowest BCUT2D eigenvalue weighted by Crippen LogP contribution is -2.56. The van der Waals surface area contributed by atoms with Gasteiger partial charge in [0.2, 0.25) is 5.91 Å². The van der Waals surface area contributed by atoms with Gasteiger partial charge in [0.15, 0.2) is 0 Å². The quantitative estimate of drug-likeness (QED) is 0.583. The van der Waals surface area contributed by atoms with E-state index in [1.165, 1.54) is 24.8 Å². The molecule has 0 unspecified atom stereocenters. The number of amides is 3. The smallest absolute Gasteiger partial charge is 0.321 e. The fraction of sp³-hybridized carbons (Fsp3) is 0.567. The van der Waals surface area contributed by atoms with Crippen LogP contribution in [0.15, 0.2) is 48.8 Å². The van der Waals surface area contributed by atoms with Gasteiger partial charge in [0, 0.05) is 37.6 Å². The molecule has 1 N–H and O–H groups in total. The third-order valence-electron chi connectivity index (χ3n) is 9.35. The van der Waals surface area contributed by atoms with Gasteiger partial charge in [0.25, 0.3) is 0 Å². The minimum atomic E-state index is -0.192. The lowest BCUT2D eigenvalue weighted by atomic mass is 9.68. The SMILES string of the molecule is Cc1cnccc1CNC(=O)CN1CC2(CCC(c3ccccc3)(N(C)C)CC2)N(CC2CCC2)C1=O. The number of nitrogens with one attached hydrogen (secondary N) is 1. The third kappa shape index (κ3) is 4.98. The van der Waals surface area contributed by atoms with Gasteiger partial charge >= 0.3 is 6.03 Å². The van der Waals surface area contributed by atoms with Crippen LogP contribution in [0.5, 0.6) is 0 Å². The second-order valence-electron chi connectivity index (χ2n) is 11.6. The van der Waals surface area contributed by atoms with Gasteiger partial charge in [-0.05, 0) is 88.2 Å². The van der Waals surface area contributed by atoms with E-state index >= 15 is 0 Å². The first kappa shape index (κ1) is 25.7. The van der Waals surface area contributed by atoms with Crippen molar-refractivity contribution in [2.45, 2.75) is 69.5 Å². The largest absolute Gasteiger partial charge is 0.350 e. The van der Waals surface area contributed by atoms with Crippen molar-refractivity contribution in [3.8, 4) is 0 Å². The molecule has 2 aromatic rings. The molecular formula is C30H41N5O2. The van der Waals surface area contributed by atoms with Crippen LogP contribution in [0, 0.1) is 12.8 Å². The Hall–Kier alpha value is -2.93. The Kier molecular flexibility index (Phi) is 7.26. The topological polar surface area (TPSA) is 68.8 Å². The molecular weight excluding hydrogens is 462 g/mol. The van der Waals surface area contributed by atoms with Crippen LogP contribution < -0.4 is 5.32 Å². The number of urea groups is 1. The molecule has 5 rings (SSSR count). The van der Waals surface area contributed by atoms with Crippen molar-refractivity contribution in [3.63, 3.8) is 0 Å². The van der Waals surface area contributed by atoms with Gasteiger partial charge in [-0.2, -0.15) is 0 Å². The summed E-state index contributed by atoms with van der Waals surface area (Å²) in [7, 11) is 4.36. The van der Waals surface area contributed by atoms with Crippen LogP contribution in [-0.4, -0.2) is 70.9 Å². The second kappa shape index (κ2) is 10.4. The standard InChI is InChI=1S/C30H41N5O2/c1-23-18-31-17-12-25(23)19-32-27(36)21-34-22-29(35(28(34)37)20-24-8-7-9-24)13-15-30(16-14-29,33(2)3)26-10-5-4-6-11-26/h4-6,10-12,17-18,24H,7-9,13-16,19-22H2,1-3H3,(H,32,36). The average Bonchev–Trinajstić information content (AvgIpc) is 3.11. The van der Waals surface area contributed by atoms with Crippen molar-refractivity contribution in [1.82, 2.24) is 25.0 Å². The maximum Gasteiger partial charge on any atom is 0.321 e. The van der Waals surface area contributed by atoms with Crippen LogP contribution in [-0.2, 0) is 16.9 Å². The predicted molar refractivity (Wildman–Crippen MR) is 145 cm³/mol. The number of hydrogen-bond donors (Lipinski definition) is 1. The fourth-order valence-electron chi connectivity index (χ4n) is 6.63. The summed E-state index contributed by atoms with van der Waals surface area (Å²) in [5, 5.41) is 3.02. The number of aryl methyl sites for hydroxylation is 1. The summed E-state index contributed by atoms with van der Waals surface area (Å²) < 4.78 is 0. The number of carbonyl (C=O) groups excluding carboxylic acids is 2. The zero-order valence-corrected chi connectivity index (χ0v) is 22.6. The molecule has 198 valence electrons. The van der Waals surface area contributed by atoms with Crippen LogP contribution in [0.25, 0.3) is 0 Å². The molecule has 3 amide bonds. The molecule has 2 saturated carbocycles. The van der Waals surface area contributed by atoms with Crippen LogP contribution in [0.2, 0.25) is 0 Å². The van der Waals surface area contributed by atoms with Crippen molar-refractivity contribution in [2.75, 3.05) is 33.7 Å². The Morgan fingerprint density at radius 2 is 1.84 bits per heavy atom. The van der Waals surface area contributed by atoms with Gasteiger partial charge in [-0.15, -0.1) is 0 Å². The van der Waals surface area contributed by atoms with Crippen LogP contribution >= 0.6 is 0 Å². The van der Waals surface area contributed by atoms with Crippen molar-refractivity contribution in [3.05, 3.63) is 65.5 Å². The van der Waals surface area contributed by atoms with E-state index in [1.807, 2.05) is 13.0 Å². The van der Waals surface area contributed by atoms with E-state index in [0.717, 1.165) is 43.4 Å². The number of nitrogens with zero attached hydrogens (tertiary/aromatic N) is 4. The molecule has 3 fully saturated rings. The van der Waals surface area contributed by atoms with Gasteiger partial charge in [-0.1, -0.05) is 36.8 Å². The van der Waals surface area contributed by atoms with E-state index in [0.29, 0.717) is 19.0 Å². The highest BCUT2D eigenvalue weighted by Gasteiger charge is 2.55. The number of pyridine rings is 1. The molecule has 0 bridgehead atoms. The van der Waals surface area contributed by atoms with E-state index < -0.39 is 0 Å². The summed E-state index contributed by atoms with van der Waals surface area (Å²) >= 11 is 0. The van der Waals surface area contributed by atoms with Crippen LogP contribution in [0.3, 0.4) is 0 Å². The molecule has 2 heterocycles. The Balaban J connectivity index is 1.30. The molecule has 1 aromatic heterocycles. The minimum Gasteiger partial charge on any atom is -0.350 e. The van der Waals surface area contributed by atoms with Gasteiger partial charge in [-0.3, -0.25) is 14.7 Å². The molecule has 1 aromatic carbocycles. The maximum atomic E-state index is 13.7. The predicted octanol–water partition coefficient (Wildman–Crippen LogP) is 4.31. The molecule has 1 aliphatic heterocycles. The second-order valence-corrected chi connectivity index (χ2v) is 11.6. The highest BCUT2D eigenvalue weighted by Crippen LogP contribution is 2.49. The lowest BCUT2D eigenvalue weighted by Gasteiger charge is -2.51. The van der Waals surface area contributed by atoms with Crippen molar-refractivity contribution in [1.29, 1.82) is 0 Å². The molecule has 0 atom stereocenters. The fourth-order valence-corrected chi connectivity index (χ4v) is 6.63. The molecule has 2 aliphatic carbocycles. The summed E-state index contributed by atoms with van der Waals surface area (Å²) in [5.41, 5.74) is 3.24. The van der Waals surface area contributed by atoms with Gasteiger partial charge in [-0.25, -0.2) is 4.79 Å². The Labute approximate surface area is 221 Å². The normalized spacial score (nSPS) is 26.1. The first-order chi connectivity index (χ1) is 17.8. The highest BCUT2D eigenvalue weighted by atomic mass is 16.2. The zero-order chi connectivity index (χ0) is 26.0. The molecule has 1 spiro atoms. The molecule has 0 radical (unpaired) electrons. The summed E-state index contributed by atoms with van der Waals surface area (Å²) in [6, 6.07) is 12.8. The van der Waals surface area contributed by atoms with E-state index in [4.69, 9.17) is 0 Å². The minimum absolute atomic E-state index is 0.0229. The van der Waals surface area contributed by atoms with Crippen LogP contribution in [0.4, 0.5) is 4.79 Å². The Morgan fingerprint density at radius 3 is 2.46 bits per heavy atom. The molecule has 7 heteroatoms. The van der Waals surface area contributed by atoms with Gasteiger partial charge < -0.3 is 15.1 Å².